The van der Waals surface area contributed by atoms with Crippen molar-refractivity contribution in [3.05, 3.63) is 54.1 Å². The fourth-order valence-electron chi connectivity index (χ4n) is 1.83. The average molecular weight is 355 g/mol. The minimum Gasteiger partial charge on any atom is -0.406 e. The van der Waals surface area contributed by atoms with Gasteiger partial charge in [0.15, 0.2) is 5.96 Å². The summed E-state index contributed by atoms with van der Waals surface area (Å²) in [6.07, 6.45) is -2.71. The molecule has 2 rings (SSSR count). The van der Waals surface area contributed by atoms with Crippen molar-refractivity contribution in [2.24, 2.45) is 10.7 Å². The highest BCUT2D eigenvalue weighted by Crippen LogP contribution is 2.23. The van der Waals surface area contributed by atoms with Gasteiger partial charge in [0, 0.05) is 10.6 Å². The Hall–Kier alpha value is -2.35. The maximum Gasteiger partial charge on any atom is 0.573 e. The monoisotopic (exact) mass is 355 g/mol. The normalized spacial score (nSPS) is 12.1. The molecular weight excluding hydrogens is 339 g/mol. The smallest absolute Gasteiger partial charge is 0.406 e. The van der Waals surface area contributed by atoms with Crippen LogP contribution >= 0.6 is 11.8 Å². The zero-order valence-corrected chi connectivity index (χ0v) is 13.6. The summed E-state index contributed by atoms with van der Waals surface area (Å²) in [6, 6.07) is 13.2. The largest absolute Gasteiger partial charge is 0.573 e. The molecule has 128 valence electrons. The van der Waals surface area contributed by atoms with Crippen LogP contribution in [0.3, 0.4) is 0 Å². The predicted octanol–water partition coefficient (Wildman–Crippen LogP) is 4.23. The molecule has 0 aliphatic carbocycles. The van der Waals surface area contributed by atoms with Crippen LogP contribution in [0.5, 0.6) is 5.75 Å². The Morgan fingerprint density at radius 3 is 2.29 bits per heavy atom. The van der Waals surface area contributed by atoms with E-state index in [-0.39, 0.29) is 11.7 Å². The molecule has 0 aliphatic rings. The van der Waals surface area contributed by atoms with Crippen LogP contribution in [0.1, 0.15) is 5.56 Å². The lowest BCUT2D eigenvalue weighted by molar-refractivity contribution is -0.274. The number of alkyl halides is 3. The molecule has 0 aliphatic heterocycles. The highest BCUT2D eigenvalue weighted by atomic mass is 32.2. The number of nitrogens with two attached hydrogens (primary N) is 1. The number of nitrogens with zero attached hydrogens (tertiary/aromatic N) is 1. The fraction of sp³-hybridized carbons (Fsp3) is 0.188. The standard InChI is InChI=1S/C16H16F3N3OS/c1-24-14-8-2-11(3-9-14)10-21-15(20)22-12-4-6-13(7-5-12)23-16(17,18)19/h2-9H,10H2,1H3,(H3,20,21,22). The summed E-state index contributed by atoms with van der Waals surface area (Å²) in [4.78, 5) is 5.35. The molecule has 0 fully saturated rings. The van der Waals surface area contributed by atoms with Crippen molar-refractivity contribution in [2.75, 3.05) is 11.6 Å². The molecule has 0 atom stereocenters. The van der Waals surface area contributed by atoms with Crippen molar-refractivity contribution in [1.29, 1.82) is 0 Å². The summed E-state index contributed by atoms with van der Waals surface area (Å²) < 4.78 is 40.0. The van der Waals surface area contributed by atoms with Crippen LogP contribution in [0.15, 0.2) is 58.4 Å². The minimum atomic E-state index is -4.71. The van der Waals surface area contributed by atoms with Gasteiger partial charge in [0.2, 0.25) is 0 Å². The molecule has 0 unspecified atom stereocenters. The van der Waals surface area contributed by atoms with E-state index < -0.39 is 6.36 Å². The molecule has 2 aromatic rings. The third-order valence-electron chi connectivity index (χ3n) is 2.95. The second-order valence-corrected chi connectivity index (χ2v) is 5.63. The topological polar surface area (TPSA) is 59.6 Å². The molecule has 0 heterocycles. The van der Waals surface area contributed by atoms with Gasteiger partial charge in [-0.1, -0.05) is 12.1 Å². The van der Waals surface area contributed by atoms with Gasteiger partial charge in [0.25, 0.3) is 0 Å². The molecule has 8 heteroatoms. The fourth-order valence-corrected chi connectivity index (χ4v) is 2.24. The Balaban J connectivity index is 1.91. The predicted molar refractivity (Wildman–Crippen MR) is 90.3 cm³/mol. The van der Waals surface area contributed by atoms with Crippen molar-refractivity contribution in [2.45, 2.75) is 17.8 Å². The first-order valence-electron chi connectivity index (χ1n) is 6.91. The summed E-state index contributed by atoms with van der Waals surface area (Å²) in [5.74, 6) is -0.120. The van der Waals surface area contributed by atoms with Gasteiger partial charge in [0.1, 0.15) is 5.75 Å². The molecule has 0 radical (unpaired) electrons. The van der Waals surface area contributed by atoms with Gasteiger partial charge in [-0.05, 0) is 48.2 Å². The number of halogens is 3. The van der Waals surface area contributed by atoms with E-state index in [0.29, 0.717) is 12.2 Å². The molecule has 0 spiro atoms. The lowest BCUT2D eigenvalue weighted by Gasteiger charge is -2.10. The Kier molecular flexibility index (Phi) is 5.97. The zero-order valence-electron chi connectivity index (χ0n) is 12.8. The van der Waals surface area contributed by atoms with Gasteiger partial charge in [0.05, 0.1) is 6.54 Å². The number of aliphatic imine (C=N–C) groups is 1. The second-order valence-electron chi connectivity index (χ2n) is 4.75. The summed E-state index contributed by atoms with van der Waals surface area (Å²) >= 11 is 1.65. The quantitative estimate of drug-likeness (QED) is 0.479. The van der Waals surface area contributed by atoms with Crippen molar-refractivity contribution in [1.82, 2.24) is 0 Å². The number of benzene rings is 2. The molecule has 0 saturated heterocycles. The molecule has 0 aromatic heterocycles. The van der Waals surface area contributed by atoms with Gasteiger partial charge in [-0.2, -0.15) is 0 Å². The molecule has 0 bridgehead atoms. The highest BCUT2D eigenvalue weighted by Gasteiger charge is 2.30. The first kappa shape index (κ1) is 18.0. The summed E-state index contributed by atoms with van der Waals surface area (Å²) in [5.41, 5.74) is 7.30. The molecule has 0 saturated carbocycles. The van der Waals surface area contributed by atoms with Crippen LogP contribution in [0.4, 0.5) is 18.9 Å². The number of anilines is 1. The van der Waals surface area contributed by atoms with Crippen molar-refractivity contribution in [3.8, 4) is 5.75 Å². The van der Waals surface area contributed by atoms with Gasteiger partial charge in [-0.3, -0.25) is 0 Å². The summed E-state index contributed by atoms with van der Waals surface area (Å²) in [5, 5.41) is 2.81. The Morgan fingerprint density at radius 1 is 1.12 bits per heavy atom. The van der Waals surface area contributed by atoms with E-state index in [1.807, 2.05) is 30.5 Å². The van der Waals surface area contributed by atoms with E-state index in [1.165, 1.54) is 24.3 Å². The van der Waals surface area contributed by atoms with Crippen molar-refractivity contribution >= 4 is 23.4 Å². The van der Waals surface area contributed by atoms with Crippen molar-refractivity contribution in [3.63, 3.8) is 0 Å². The third kappa shape index (κ3) is 6.04. The molecule has 4 nitrogen and oxygen atoms in total. The molecular formula is C16H16F3N3OS. The number of hydrogen-bond donors (Lipinski definition) is 2. The number of thioether (sulfide) groups is 1. The van der Waals surface area contributed by atoms with Crippen molar-refractivity contribution < 1.29 is 17.9 Å². The molecule has 24 heavy (non-hydrogen) atoms. The van der Waals surface area contributed by atoms with E-state index in [1.54, 1.807) is 11.8 Å². The maximum atomic E-state index is 12.1. The van der Waals surface area contributed by atoms with Crippen LogP contribution in [-0.2, 0) is 6.54 Å². The summed E-state index contributed by atoms with van der Waals surface area (Å²) in [6.45, 7) is 0.406. The van der Waals surface area contributed by atoms with Gasteiger partial charge in [-0.25, -0.2) is 4.99 Å². The summed E-state index contributed by atoms with van der Waals surface area (Å²) in [7, 11) is 0. The van der Waals surface area contributed by atoms with E-state index in [2.05, 4.69) is 15.0 Å². The first-order valence-corrected chi connectivity index (χ1v) is 8.14. The molecule has 0 amide bonds. The zero-order chi connectivity index (χ0) is 17.6. The van der Waals surface area contributed by atoms with E-state index in [4.69, 9.17) is 5.73 Å². The number of ether oxygens (including phenoxy) is 1. The Morgan fingerprint density at radius 2 is 1.75 bits per heavy atom. The van der Waals surface area contributed by atoms with Gasteiger partial charge in [-0.15, -0.1) is 24.9 Å². The first-order chi connectivity index (χ1) is 11.4. The van der Waals surface area contributed by atoms with Crippen LogP contribution in [-0.4, -0.2) is 18.6 Å². The maximum absolute atomic E-state index is 12.1. The number of guanidine groups is 1. The van der Waals surface area contributed by atoms with E-state index in [9.17, 15) is 13.2 Å². The Bertz CT molecular complexity index is 685. The van der Waals surface area contributed by atoms with Crippen LogP contribution in [0.2, 0.25) is 0 Å². The lowest BCUT2D eigenvalue weighted by Crippen LogP contribution is -2.22. The lowest BCUT2D eigenvalue weighted by atomic mass is 10.2. The minimum absolute atomic E-state index is 0.174. The second kappa shape index (κ2) is 7.96. The highest BCUT2D eigenvalue weighted by molar-refractivity contribution is 7.98. The van der Waals surface area contributed by atoms with Crippen LogP contribution in [0.25, 0.3) is 0 Å². The number of nitrogens with one attached hydrogen (secondary N) is 1. The average Bonchev–Trinajstić information content (AvgIpc) is 2.54. The van der Waals surface area contributed by atoms with Gasteiger partial charge >= 0.3 is 6.36 Å². The SMILES string of the molecule is CSc1ccc(CN=C(N)Nc2ccc(OC(F)(F)F)cc2)cc1. The number of hydrogen-bond acceptors (Lipinski definition) is 3. The molecule has 2 aromatic carbocycles. The van der Waals surface area contributed by atoms with Crippen LogP contribution < -0.4 is 15.8 Å². The van der Waals surface area contributed by atoms with E-state index in [0.717, 1.165) is 10.5 Å². The van der Waals surface area contributed by atoms with Gasteiger partial charge < -0.3 is 15.8 Å². The van der Waals surface area contributed by atoms with Crippen LogP contribution in [0, 0.1) is 0 Å². The number of rotatable bonds is 5. The Labute approximate surface area is 141 Å². The molecule has 3 N–H and O–H groups in total. The van der Waals surface area contributed by atoms with E-state index >= 15 is 0 Å². The third-order valence-corrected chi connectivity index (χ3v) is 3.69.